The lowest BCUT2D eigenvalue weighted by Gasteiger charge is -2.32. The van der Waals surface area contributed by atoms with E-state index in [1.807, 2.05) is 18.2 Å². The van der Waals surface area contributed by atoms with E-state index in [0.717, 1.165) is 32.5 Å². The molecule has 1 aromatic carbocycles. The van der Waals surface area contributed by atoms with Crippen molar-refractivity contribution in [3.05, 3.63) is 53.8 Å². The summed E-state index contributed by atoms with van der Waals surface area (Å²) in [5.74, 6) is -0.466. The van der Waals surface area contributed by atoms with Crippen LogP contribution in [0.2, 0.25) is 0 Å². The molecule has 0 atom stereocenters. The summed E-state index contributed by atoms with van der Waals surface area (Å²) in [5.41, 5.74) is 1.27. The minimum atomic E-state index is -3.94. The fraction of sp³-hybridized carbons (Fsp3) is 0.353. The van der Waals surface area contributed by atoms with Gasteiger partial charge in [-0.2, -0.15) is 0 Å². The first-order valence-electron chi connectivity index (χ1n) is 8.11. The Morgan fingerprint density at radius 3 is 2.44 bits per heavy atom. The molecule has 25 heavy (non-hydrogen) atoms. The largest absolute Gasteiger partial charge is 0.438 e. The Balaban J connectivity index is 1.50. The third-order valence-electron chi connectivity index (χ3n) is 4.26. The number of nitrogens with one attached hydrogen (secondary N) is 1. The third kappa shape index (κ3) is 4.68. The zero-order valence-corrected chi connectivity index (χ0v) is 14.5. The summed E-state index contributed by atoms with van der Waals surface area (Å²) in [5, 5.41) is 7.46. The lowest BCUT2D eigenvalue weighted by Crippen LogP contribution is -2.44. The molecule has 8 heteroatoms. The molecule has 1 saturated heterocycles. The Bertz CT molecular complexity index is 825. The minimum Gasteiger partial charge on any atom is -0.438 e. The van der Waals surface area contributed by atoms with Crippen LogP contribution in [0, 0.1) is 0 Å². The van der Waals surface area contributed by atoms with Gasteiger partial charge in [0.2, 0.25) is 5.09 Å². The van der Waals surface area contributed by atoms with Gasteiger partial charge < -0.3 is 9.73 Å². The molecule has 1 fully saturated rings. The molecule has 134 valence electrons. The van der Waals surface area contributed by atoms with Crippen molar-refractivity contribution in [1.29, 1.82) is 0 Å². The highest BCUT2D eigenvalue weighted by Gasteiger charge is 2.23. The van der Waals surface area contributed by atoms with E-state index in [-0.39, 0.29) is 11.8 Å². The first-order valence-corrected chi connectivity index (χ1v) is 9.66. The smallest absolute Gasteiger partial charge is 0.287 e. The number of furan rings is 1. The average molecular weight is 363 g/mol. The van der Waals surface area contributed by atoms with E-state index < -0.39 is 21.0 Å². The first-order chi connectivity index (χ1) is 11.9. The third-order valence-corrected chi connectivity index (χ3v) is 5.04. The van der Waals surface area contributed by atoms with E-state index in [2.05, 4.69) is 22.3 Å². The van der Waals surface area contributed by atoms with E-state index in [1.54, 1.807) is 0 Å². The fourth-order valence-corrected chi connectivity index (χ4v) is 3.39. The van der Waals surface area contributed by atoms with Gasteiger partial charge >= 0.3 is 0 Å². The number of carbonyl (C=O) groups is 1. The monoisotopic (exact) mass is 363 g/mol. The molecule has 1 amide bonds. The molecule has 0 unspecified atom stereocenters. The van der Waals surface area contributed by atoms with E-state index >= 15 is 0 Å². The maximum absolute atomic E-state index is 12.2. The molecule has 2 heterocycles. The van der Waals surface area contributed by atoms with Crippen LogP contribution in [0.4, 0.5) is 0 Å². The highest BCUT2D eigenvalue weighted by atomic mass is 32.2. The molecule has 0 aliphatic carbocycles. The van der Waals surface area contributed by atoms with Gasteiger partial charge in [-0.05, 0) is 30.5 Å². The lowest BCUT2D eigenvalue weighted by molar-refractivity contribution is 0.0876. The highest BCUT2D eigenvalue weighted by molar-refractivity contribution is 7.89. The number of carbonyl (C=O) groups excluding carboxylic acids is 1. The zero-order chi connectivity index (χ0) is 17.9. The maximum Gasteiger partial charge on any atom is 0.287 e. The molecule has 1 aromatic heterocycles. The van der Waals surface area contributed by atoms with Gasteiger partial charge in [-0.15, -0.1) is 0 Å². The van der Waals surface area contributed by atoms with Crippen LogP contribution in [0.5, 0.6) is 0 Å². The van der Waals surface area contributed by atoms with Gasteiger partial charge in [-0.25, -0.2) is 13.6 Å². The molecule has 0 spiro atoms. The predicted octanol–water partition coefficient (Wildman–Crippen LogP) is 1.32. The Morgan fingerprint density at radius 1 is 1.16 bits per heavy atom. The SMILES string of the molecule is NS(=O)(=O)c1ccc(C(=O)NC2CCN(Cc3ccccc3)CC2)o1. The number of rotatable bonds is 5. The molecule has 0 saturated carbocycles. The van der Waals surface area contributed by atoms with Crippen LogP contribution in [0.25, 0.3) is 0 Å². The van der Waals surface area contributed by atoms with E-state index in [9.17, 15) is 13.2 Å². The van der Waals surface area contributed by atoms with Crippen molar-refractivity contribution >= 4 is 15.9 Å². The second-order valence-corrected chi connectivity index (χ2v) is 7.67. The molecule has 1 aliphatic heterocycles. The van der Waals surface area contributed by atoms with Crippen molar-refractivity contribution in [2.45, 2.75) is 30.5 Å². The normalized spacial score (nSPS) is 16.7. The van der Waals surface area contributed by atoms with Crippen LogP contribution < -0.4 is 10.5 Å². The summed E-state index contributed by atoms with van der Waals surface area (Å²) < 4.78 is 27.4. The minimum absolute atomic E-state index is 0.0440. The first kappa shape index (κ1) is 17.7. The molecule has 3 N–H and O–H groups in total. The predicted molar refractivity (Wildman–Crippen MR) is 92.3 cm³/mol. The second-order valence-electron chi connectivity index (χ2n) is 6.17. The van der Waals surface area contributed by atoms with Crippen LogP contribution in [0.1, 0.15) is 29.0 Å². The van der Waals surface area contributed by atoms with Crippen molar-refractivity contribution in [1.82, 2.24) is 10.2 Å². The average Bonchev–Trinajstić information content (AvgIpc) is 3.08. The standard InChI is InChI=1S/C17H21N3O4S/c18-25(22,23)16-7-6-15(24-16)17(21)19-14-8-10-20(11-9-14)12-13-4-2-1-3-5-13/h1-7,14H,8-12H2,(H,19,21)(H2,18,22,23). The van der Waals surface area contributed by atoms with Gasteiger partial charge in [0.15, 0.2) is 5.76 Å². The number of benzene rings is 1. The van der Waals surface area contributed by atoms with E-state index in [4.69, 9.17) is 9.56 Å². The highest BCUT2D eigenvalue weighted by Crippen LogP contribution is 2.16. The van der Waals surface area contributed by atoms with Crippen LogP contribution in [0.15, 0.2) is 52.0 Å². The molecule has 3 rings (SSSR count). The summed E-state index contributed by atoms with van der Waals surface area (Å²) in [6, 6.07) is 12.8. The lowest BCUT2D eigenvalue weighted by atomic mass is 10.0. The van der Waals surface area contributed by atoms with Gasteiger partial charge in [0.1, 0.15) is 0 Å². The van der Waals surface area contributed by atoms with Crippen molar-refractivity contribution < 1.29 is 17.6 Å². The number of nitrogens with two attached hydrogens (primary N) is 1. The molecule has 0 bridgehead atoms. The van der Waals surface area contributed by atoms with Crippen molar-refractivity contribution in [3.63, 3.8) is 0 Å². The number of primary sulfonamides is 1. The van der Waals surface area contributed by atoms with Gasteiger partial charge in [0.25, 0.3) is 15.9 Å². The number of piperidine rings is 1. The quantitative estimate of drug-likeness (QED) is 0.833. The molecule has 7 nitrogen and oxygen atoms in total. The molecule has 1 aliphatic rings. The van der Waals surface area contributed by atoms with Crippen molar-refractivity contribution in [2.24, 2.45) is 5.14 Å². The van der Waals surface area contributed by atoms with Gasteiger partial charge in [-0.3, -0.25) is 9.69 Å². The van der Waals surface area contributed by atoms with Crippen molar-refractivity contribution in [2.75, 3.05) is 13.1 Å². The number of sulfonamides is 1. The van der Waals surface area contributed by atoms with Crippen LogP contribution >= 0.6 is 0 Å². The topological polar surface area (TPSA) is 106 Å². The summed E-state index contributed by atoms with van der Waals surface area (Å²) in [4.78, 5) is 14.5. The van der Waals surface area contributed by atoms with E-state index in [0.29, 0.717) is 0 Å². The van der Waals surface area contributed by atoms with Crippen LogP contribution in [0.3, 0.4) is 0 Å². The summed E-state index contributed by atoms with van der Waals surface area (Å²) >= 11 is 0. The Kier molecular flexibility index (Phi) is 5.22. The van der Waals surface area contributed by atoms with Crippen LogP contribution in [-0.4, -0.2) is 38.4 Å². The number of hydrogen-bond acceptors (Lipinski definition) is 5. The van der Waals surface area contributed by atoms with Gasteiger partial charge in [0.05, 0.1) is 0 Å². The molecule has 2 aromatic rings. The number of hydrogen-bond donors (Lipinski definition) is 2. The maximum atomic E-state index is 12.2. The Morgan fingerprint density at radius 2 is 1.84 bits per heavy atom. The number of amides is 1. The second kappa shape index (κ2) is 7.38. The molecular weight excluding hydrogens is 342 g/mol. The van der Waals surface area contributed by atoms with Gasteiger partial charge in [-0.1, -0.05) is 30.3 Å². The molecular formula is C17H21N3O4S. The van der Waals surface area contributed by atoms with Crippen LogP contribution in [-0.2, 0) is 16.6 Å². The summed E-state index contributed by atoms with van der Waals surface area (Å²) in [7, 11) is -3.94. The molecule has 0 radical (unpaired) electrons. The Labute approximate surface area is 146 Å². The Hall–Kier alpha value is -2.16. The van der Waals surface area contributed by atoms with Crippen molar-refractivity contribution in [3.8, 4) is 0 Å². The fourth-order valence-electron chi connectivity index (χ4n) is 2.93. The summed E-state index contributed by atoms with van der Waals surface area (Å²) in [6.07, 6.45) is 1.67. The summed E-state index contributed by atoms with van der Waals surface area (Å²) in [6.45, 7) is 2.68. The van der Waals surface area contributed by atoms with E-state index in [1.165, 1.54) is 17.7 Å². The zero-order valence-electron chi connectivity index (χ0n) is 13.7. The number of likely N-dealkylation sites (tertiary alicyclic amines) is 1. The number of nitrogens with zero attached hydrogens (tertiary/aromatic N) is 1. The van der Waals surface area contributed by atoms with Gasteiger partial charge in [0, 0.05) is 25.7 Å².